The van der Waals surface area contributed by atoms with Crippen LogP contribution in [0.1, 0.15) is 27.2 Å². The van der Waals surface area contributed by atoms with Gasteiger partial charge in [-0.3, -0.25) is 9.59 Å². The molecule has 1 aliphatic heterocycles. The fourth-order valence-corrected chi connectivity index (χ4v) is 1.94. The minimum Gasteiger partial charge on any atom is -0.356 e. The van der Waals surface area contributed by atoms with Gasteiger partial charge >= 0.3 is 0 Å². The van der Waals surface area contributed by atoms with Crippen molar-refractivity contribution in [2.45, 2.75) is 33.2 Å². The molecule has 0 aromatic heterocycles. The molecule has 1 fully saturated rings. The van der Waals surface area contributed by atoms with Crippen molar-refractivity contribution in [3.8, 4) is 0 Å². The van der Waals surface area contributed by atoms with Gasteiger partial charge in [0.1, 0.15) is 0 Å². The maximum atomic E-state index is 11.6. The molecule has 4 nitrogen and oxygen atoms in total. The summed E-state index contributed by atoms with van der Waals surface area (Å²) in [5.74, 6) is 0.245. The maximum absolute atomic E-state index is 11.6. The van der Waals surface area contributed by atoms with E-state index in [1.54, 1.807) is 0 Å². The molecule has 0 radical (unpaired) electrons. The quantitative estimate of drug-likeness (QED) is 0.669. The van der Waals surface area contributed by atoms with Crippen LogP contribution in [-0.2, 0) is 9.59 Å². The van der Waals surface area contributed by atoms with Crippen LogP contribution in [0, 0.1) is 11.8 Å². The molecule has 0 aliphatic carbocycles. The van der Waals surface area contributed by atoms with E-state index in [2.05, 4.69) is 17.6 Å². The average Bonchev–Trinajstić information content (AvgIpc) is 2.01. The van der Waals surface area contributed by atoms with Crippen molar-refractivity contribution in [2.75, 3.05) is 6.54 Å². The van der Waals surface area contributed by atoms with Gasteiger partial charge in [0.2, 0.25) is 11.8 Å². The first-order valence-corrected chi connectivity index (χ1v) is 5.05. The predicted molar refractivity (Wildman–Crippen MR) is 53.6 cm³/mol. The highest BCUT2D eigenvalue weighted by atomic mass is 16.2. The lowest BCUT2D eigenvalue weighted by Gasteiger charge is -2.32. The third-order valence-electron chi connectivity index (χ3n) is 2.71. The minimum absolute atomic E-state index is 0.0602. The molecular formula is C10H18N2O2. The van der Waals surface area contributed by atoms with Crippen LogP contribution < -0.4 is 10.6 Å². The number of piperidine rings is 1. The smallest absolute Gasteiger partial charge is 0.225 e. The Morgan fingerprint density at radius 3 is 2.71 bits per heavy atom. The molecule has 1 saturated heterocycles. The third-order valence-corrected chi connectivity index (χ3v) is 2.71. The summed E-state index contributed by atoms with van der Waals surface area (Å²) in [6.07, 6.45) is 0.982. The molecule has 0 aromatic carbocycles. The fourth-order valence-electron chi connectivity index (χ4n) is 1.94. The van der Waals surface area contributed by atoms with Gasteiger partial charge in [0.05, 0.1) is 5.92 Å². The van der Waals surface area contributed by atoms with Crippen molar-refractivity contribution in [1.29, 1.82) is 0 Å². The molecule has 0 saturated carbocycles. The van der Waals surface area contributed by atoms with E-state index in [1.165, 1.54) is 6.92 Å². The largest absolute Gasteiger partial charge is 0.356 e. The Morgan fingerprint density at radius 1 is 1.57 bits per heavy atom. The summed E-state index contributed by atoms with van der Waals surface area (Å²) in [5, 5.41) is 5.58. The first-order chi connectivity index (χ1) is 6.50. The summed E-state index contributed by atoms with van der Waals surface area (Å²) in [7, 11) is 0. The Hall–Kier alpha value is -1.06. The molecule has 1 aliphatic rings. The van der Waals surface area contributed by atoms with Gasteiger partial charge in [-0.1, -0.05) is 6.92 Å². The predicted octanol–water partition coefficient (Wildman–Crippen LogP) is 0.283. The van der Waals surface area contributed by atoms with E-state index < -0.39 is 0 Å². The maximum Gasteiger partial charge on any atom is 0.225 e. The monoisotopic (exact) mass is 198 g/mol. The van der Waals surface area contributed by atoms with E-state index in [4.69, 9.17) is 0 Å². The highest BCUT2D eigenvalue weighted by Gasteiger charge is 2.31. The highest BCUT2D eigenvalue weighted by Crippen LogP contribution is 2.21. The Balaban J connectivity index is 2.50. The van der Waals surface area contributed by atoms with Crippen molar-refractivity contribution < 1.29 is 9.59 Å². The minimum atomic E-state index is -0.0800. The van der Waals surface area contributed by atoms with E-state index in [9.17, 15) is 9.59 Å². The fraction of sp³-hybridized carbons (Fsp3) is 0.800. The molecular weight excluding hydrogens is 180 g/mol. The zero-order chi connectivity index (χ0) is 10.7. The molecule has 2 N–H and O–H groups in total. The second-order valence-electron chi connectivity index (χ2n) is 4.17. The number of carbonyl (C=O) groups excluding carboxylic acids is 2. The van der Waals surface area contributed by atoms with Gasteiger partial charge in [-0.25, -0.2) is 0 Å². The van der Waals surface area contributed by atoms with E-state index >= 15 is 0 Å². The number of hydrogen-bond acceptors (Lipinski definition) is 2. The number of carbonyl (C=O) groups is 2. The van der Waals surface area contributed by atoms with Crippen LogP contribution in [-0.4, -0.2) is 24.4 Å². The lowest BCUT2D eigenvalue weighted by molar-refractivity contribution is -0.129. The standard InChI is InChI=1S/C10H18N2O2/c1-6-4-7(2)12-10(14)9(6)5-11-8(3)13/h6-7,9H,4-5H2,1-3H3,(H,11,13)(H,12,14). The van der Waals surface area contributed by atoms with Crippen LogP contribution in [0.4, 0.5) is 0 Å². The van der Waals surface area contributed by atoms with Crippen LogP contribution >= 0.6 is 0 Å². The molecule has 4 heteroatoms. The molecule has 3 atom stereocenters. The summed E-state index contributed by atoms with van der Waals surface area (Å²) in [5.41, 5.74) is 0. The summed E-state index contributed by atoms with van der Waals surface area (Å²) in [4.78, 5) is 22.3. The van der Waals surface area contributed by atoms with Crippen molar-refractivity contribution >= 4 is 11.8 Å². The first-order valence-electron chi connectivity index (χ1n) is 5.05. The zero-order valence-electron chi connectivity index (χ0n) is 8.96. The van der Waals surface area contributed by atoms with Gasteiger partial charge in [-0.2, -0.15) is 0 Å². The molecule has 80 valence electrons. The Kier molecular flexibility index (Phi) is 3.49. The molecule has 0 spiro atoms. The van der Waals surface area contributed by atoms with Crippen LogP contribution in [0.25, 0.3) is 0 Å². The van der Waals surface area contributed by atoms with Gasteiger partial charge in [-0.15, -0.1) is 0 Å². The summed E-state index contributed by atoms with van der Waals surface area (Å²) < 4.78 is 0. The van der Waals surface area contributed by atoms with Gasteiger partial charge < -0.3 is 10.6 Å². The summed E-state index contributed by atoms with van der Waals surface area (Å²) in [6.45, 7) is 5.98. The van der Waals surface area contributed by atoms with Crippen LogP contribution in [0.3, 0.4) is 0 Å². The van der Waals surface area contributed by atoms with Crippen LogP contribution in [0.15, 0.2) is 0 Å². The lowest BCUT2D eigenvalue weighted by atomic mass is 9.84. The SMILES string of the molecule is CC(=O)NCC1C(=O)NC(C)CC1C. The number of amides is 2. The average molecular weight is 198 g/mol. The Bertz CT molecular complexity index is 240. The van der Waals surface area contributed by atoms with Gasteiger partial charge in [0, 0.05) is 19.5 Å². The normalized spacial score (nSPS) is 32.2. The number of hydrogen-bond donors (Lipinski definition) is 2. The van der Waals surface area contributed by atoms with Crippen molar-refractivity contribution in [3.63, 3.8) is 0 Å². The third kappa shape index (κ3) is 2.72. The van der Waals surface area contributed by atoms with E-state index in [-0.39, 0.29) is 23.8 Å². The van der Waals surface area contributed by atoms with E-state index in [1.807, 2.05) is 6.92 Å². The summed E-state index contributed by atoms with van der Waals surface area (Å²) in [6, 6.07) is 0.256. The highest BCUT2D eigenvalue weighted by molar-refractivity contribution is 5.81. The number of nitrogens with one attached hydrogen (secondary N) is 2. The van der Waals surface area contributed by atoms with E-state index in [0.717, 1.165) is 6.42 Å². The molecule has 0 aromatic rings. The second-order valence-corrected chi connectivity index (χ2v) is 4.17. The van der Waals surface area contributed by atoms with Crippen molar-refractivity contribution in [2.24, 2.45) is 11.8 Å². The first kappa shape index (κ1) is 11.0. The molecule has 14 heavy (non-hydrogen) atoms. The summed E-state index contributed by atoms with van der Waals surface area (Å²) >= 11 is 0. The number of rotatable bonds is 2. The molecule has 2 amide bonds. The van der Waals surface area contributed by atoms with Gasteiger partial charge in [-0.05, 0) is 19.3 Å². The topological polar surface area (TPSA) is 58.2 Å². The Labute approximate surface area is 84.4 Å². The van der Waals surface area contributed by atoms with Crippen molar-refractivity contribution in [1.82, 2.24) is 10.6 Å². The molecule has 0 bridgehead atoms. The van der Waals surface area contributed by atoms with Crippen LogP contribution in [0.5, 0.6) is 0 Å². The molecule has 3 unspecified atom stereocenters. The second kappa shape index (κ2) is 4.44. The molecule has 1 heterocycles. The van der Waals surface area contributed by atoms with Crippen LogP contribution in [0.2, 0.25) is 0 Å². The van der Waals surface area contributed by atoms with Gasteiger partial charge in [0.15, 0.2) is 0 Å². The Morgan fingerprint density at radius 2 is 2.21 bits per heavy atom. The van der Waals surface area contributed by atoms with E-state index in [0.29, 0.717) is 12.5 Å². The molecule has 1 rings (SSSR count). The zero-order valence-corrected chi connectivity index (χ0v) is 8.96. The van der Waals surface area contributed by atoms with Crippen molar-refractivity contribution in [3.05, 3.63) is 0 Å². The van der Waals surface area contributed by atoms with Gasteiger partial charge in [0.25, 0.3) is 0 Å². The lowest BCUT2D eigenvalue weighted by Crippen LogP contribution is -2.50.